The average Bonchev–Trinajstić information content (AvgIpc) is 2.70. The molecule has 1 unspecified atom stereocenters. The summed E-state index contributed by atoms with van der Waals surface area (Å²) >= 11 is 0. The molecular formula is C12H16N2O4S. The van der Waals surface area contributed by atoms with Gasteiger partial charge in [0, 0.05) is 24.7 Å². The summed E-state index contributed by atoms with van der Waals surface area (Å²) in [6, 6.07) is 6.44. The molecule has 1 aliphatic rings. The van der Waals surface area contributed by atoms with Crippen molar-refractivity contribution in [1.29, 1.82) is 0 Å². The number of nitro benzene ring substituents is 1. The van der Waals surface area contributed by atoms with Crippen molar-refractivity contribution in [3.05, 3.63) is 39.9 Å². The largest absolute Gasteiger partial charge is 0.298 e. The summed E-state index contributed by atoms with van der Waals surface area (Å²) in [5, 5.41) is 10.7. The van der Waals surface area contributed by atoms with Crippen LogP contribution < -0.4 is 0 Å². The Balaban J connectivity index is 2.05. The Morgan fingerprint density at radius 2 is 2.21 bits per heavy atom. The topological polar surface area (TPSA) is 80.5 Å². The van der Waals surface area contributed by atoms with Crippen LogP contribution in [0.25, 0.3) is 0 Å². The van der Waals surface area contributed by atoms with Gasteiger partial charge in [0.2, 0.25) is 0 Å². The molecule has 1 aliphatic heterocycles. The standard InChI is InChI=1S/C12H16N2O4S/c1-13(12-5-6-19(17,18)9-12)8-10-3-2-4-11(7-10)14(15)16/h2-4,7,12H,5-6,8-9H2,1H3. The van der Waals surface area contributed by atoms with Crippen molar-refractivity contribution in [2.24, 2.45) is 0 Å². The molecule has 0 radical (unpaired) electrons. The van der Waals surface area contributed by atoms with Crippen LogP contribution in [0, 0.1) is 10.1 Å². The second kappa shape index (κ2) is 5.26. The van der Waals surface area contributed by atoms with Crippen LogP contribution in [0.15, 0.2) is 24.3 Å². The third-order valence-electron chi connectivity index (χ3n) is 3.39. The van der Waals surface area contributed by atoms with Crippen LogP contribution in [0.4, 0.5) is 5.69 Å². The average molecular weight is 284 g/mol. The molecule has 1 saturated heterocycles. The van der Waals surface area contributed by atoms with Gasteiger partial charge in [-0.2, -0.15) is 0 Å². The number of nitro groups is 1. The predicted molar refractivity (Wildman–Crippen MR) is 71.6 cm³/mol. The molecule has 6 nitrogen and oxygen atoms in total. The van der Waals surface area contributed by atoms with E-state index in [-0.39, 0.29) is 23.2 Å². The van der Waals surface area contributed by atoms with Crippen molar-refractivity contribution in [3.63, 3.8) is 0 Å². The van der Waals surface area contributed by atoms with Crippen LogP contribution in [0.3, 0.4) is 0 Å². The van der Waals surface area contributed by atoms with Gasteiger partial charge in [-0.25, -0.2) is 8.42 Å². The highest BCUT2D eigenvalue weighted by Gasteiger charge is 2.30. The molecule has 7 heteroatoms. The first kappa shape index (κ1) is 14.0. The molecule has 2 rings (SSSR count). The third kappa shape index (κ3) is 3.51. The van der Waals surface area contributed by atoms with Crippen molar-refractivity contribution in [3.8, 4) is 0 Å². The maximum atomic E-state index is 11.4. The van der Waals surface area contributed by atoms with Gasteiger partial charge in [0.1, 0.15) is 0 Å². The van der Waals surface area contributed by atoms with E-state index >= 15 is 0 Å². The fraction of sp³-hybridized carbons (Fsp3) is 0.500. The lowest BCUT2D eigenvalue weighted by Gasteiger charge is -2.22. The molecule has 0 aliphatic carbocycles. The van der Waals surface area contributed by atoms with E-state index in [1.165, 1.54) is 12.1 Å². The summed E-state index contributed by atoms with van der Waals surface area (Å²) in [6.07, 6.45) is 0.633. The van der Waals surface area contributed by atoms with Crippen molar-refractivity contribution in [2.45, 2.75) is 19.0 Å². The van der Waals surface area contributed by atoms with Crippen LogP contribution >= 0.6 is 0 Å². The molecule has 0 aromatic heterocycles. The summed E-state index contributed by atoms with van der Waals surface area (Å²) in [6.45, 7) is 0.516. The number of non-ortho nitro benzene ring substituents is 1. The van der Waals surface area contributed by atoms with Gasteiger partial charge in [-0.1, -0.05) is 12.1 Å². The number of benzene rings is 1. The first-order valence-electron chi connectivity index (χ1n) is 6.01. The van der Waals surface area contributed by atoms with Gasteiger partial charge in [-0.3, -0.25) is 15.0 Å². The van der Waals surface area contributed by atoms with E-state index in [4.69, 9.17) is 0 Å². The smallest absolute Gasteiger partial charge is 0.269 e. The van der Waals surface area contributed by atoms with Crippen LogP contribution in [-0.4, -0.2) is 42.8 Å². The van der Waals surface area contributed by atoms with Gasteiger partial charge in [0.25, 0.3) is 5.69 Å². The summed E-state index contributed by atoms with van der Waals surface area (Å²) in [4.78, 5) is 12.2. The number of rotatable bonds is 4. The summed E-state index contributed by atoms with van der Waals surface area (Å²) in [5.41, 5.74) is 0.881. The molecule has 1 aromatic carbocycles. The van der Waals surface area contributed by atoms with Crippen LogP contribution in [0.5, 0.6) is 0 Å². The Labute approximate surface area is 112 Å². The van der Waals surface area contributed by atoms with Crippen molar-refractivity contribution in [2.75, 3.05) is 18.6 Å². The van der Waals surface area contributed by atoms with Crippen molar-refractivity contribution >= 4 is 15.5 Å². The van der Waals surface area contributed by atoms with Crippen LogP contribution in [0.2, 0.25) is 0 Å². The SMILES string of the molecule is CN(Cc1cccc([N+](=O)[O-])c1)C1CCS(=O)(=O)C1. The third-order valence-corrected chi connectivity index (χ3v) is 5.14. The van der Waals surface area contributed by atoms with Gasteiger partial charge >= 0.3 is 0 Å². The molecule has 1 aromatic rings. The first-order chi connectivity index (χ1) is 8.87. The highest BCUT2D eigenvalue weighted by atomic mass is 32.2. The zero-order chi connectivity index (χ0) is 14.0. The fourth-order valence-corrected chi connectivity index (χ4v) is 4.11. The predicted octanol–water partition coefficient (Wildman–Crippen LogP) is 1.21. The highest BCUT2D eigenvalue weighted by Crippen LogP contribution is 2.20. The van der Waals surface area contributed by atoms with E-state index in [0.717, 1.165) is 5.56 Å². The molecule has 1 atom stereocenters. The van der Waals surface area contributed by atoms with Gasteiger partial charge in [0.15, 0.2) is 9.84 Å². The second-order valence-electron chi connectivity index (χ2n) is 4.90. The van der Waals surface area contributed by atoms with E-state index in [9.17, 15) is 18.5 Å². The number of hydrogen-bond acceptors (Lipinski definition) is 5. The molecule has 0 amide bonds. The Kier molecular flexibility index (Phi) is 3.86. The van der Waals surface area contributed by atoms with Gasteiger partial charge in [-0.05, 0) is 19.0 Å². The minimum absolute atomic E-state index is 0.00395. The second-order valence-corrected chi connectivity index (χ2v) is 7.13. The lowest BCUT2D eigenvalue weighted by Crippen LogP contribution is -2.32. The van der Waals surface area contributed by atoms with E-state index in [2.05, 4.69) is 0 Å². The minimum Gasteiger partial charge on any atom is -0.298 e. The lowest BCUT2D eigenvalue weighted by atomic mass is 10.1. The van der Waals surface area contributed by atoms with Gasteiger partial charge < -0.3 is 0 Å². The summed E-state index contributed by atoms with van der Waals surface area (Å²) in [5.74, 6) is 0.412. The first-order valence-corrected chi connectivity index (χ1v) is 7.83. The Bertz CT molecular complexity index is 585. The highest BCUT2D eigenvalue weighted by molar-refractivity contribution is 7.91. The molecule has 1 heterocycles. The van der Waals surface area contributed by atoms with Crippen molar-refractivity contribution < 1.29 is 13.3 Å². The summed E-state index contributed by atoms with van der Waals surface area (Å²) < 4.78 is 22.9. The number of sulfone groups is 1. The summed E-state index contributed by atoms with van der Waals surface area (Å²) in [7, 11) is -1.05. The monoisotopic (exact) mass is 284 g/mol. The molecule has 19 heavy (non-hydrogen) atoms. The van der Waals surface area contributed by atoms with Gasteiger partial charge in [0.05, 0.1) is 16.4 Å². The molecule has 104 valence electrons. The maximum Gasteiger partial charge on any atom is 0.269 e. The molecule has 1 fully saturated rings. The maximum absolute atomic E-state index is 11.4. The number of hydrogen-bond donors (Lipinski definition) is 0. The Morgan fingerprint density at radius 1 is 1.47 bits per heavy atom. The minimum atomic E-state index is -2.90. The Hall–Kier alpha value is -1.47. The van der Waals surface area contributed by atoms with Crippen LogP contribution in [0.1, 0.15) is 12.0 Å². The van der Waals surface area contributed by atoms with E-state index in [1.54, 1.807) is 6.07 Å². The molecular weight excluding hydrogens is 268 g/mol. The molecule has 0 saturated carbocycles. The van der Waals surface area contributed by atoms with Gasteiger partial charge in [-0.15, -0.1) is 0 Å². The lowest BCUT2D eigenvalue weighted by molar-refractivity contribution is -0.384. The molecule has 0 N–H and O–H groups in total. The Morgan fingerprint density at radius 3 is 2.79 bits per heavy atom. The zero-order valence-corrected chi connectivity index (χ0v) is 11.5. The fourth-order valence-electron chi connectivity index (χ4n) is 2.31. The van der Waals surface area contributed by atoms with Crippen LogP contribution in [-0.2, 0) is 16.4 Å². The zero-order valence-electron chi connectivity index (χ0n) is 10.7. The number of nitrogens with zero attached hydrogens (tertiary/aromatic N) is 2. The van der Waals surface area contributed by atoms with E-state index in [1.807, 2.05) is 18.0 Å². The molecule has 0 spiro atoms. The molecule has 0 bridgehead atoms. The quantitative estimate of drug-likeness (QED) is 0.613. The van der Waals surface area contributed by atoms with Crippen molar-refractivity contribution in [1.82, 2.24) is 4.90 Å². The van der Waals surface area contributed by atoms with E-state index in [0.29, 0.717) is 13.0 Å². The van der Waals surface area contributed by atoms with E-state index < -0.39 is 14.8 Å². The normalized spacial score (nSPS) is 21.7.